The second-order valence-corrected chi connectivity index (χ2v) is 6.09. The molecule has 0 amide bonds. The van der Waals surface area contributed by atoms with Crippen molar-refractivity contribution in [1.82, 2.24) is 30.4 Å². The van der Waals surface area contributed by atoms with Gasteiger partial charge in [0.05, 0.1) is 13.2 Å². The van der Waals surface area contributed by atoms with Crippen molar-refractivity contribution in [3.63, 3.8) is 0 Å². The number of pyridine rings is 1. The van der Waals surface area contributed by atoms with Crippen LogP contribution in [0.15, 0.2) is 29.6 Å². The predicted octanol–water partition coefficient (Wildman–Crippen LogP) is 2.79. The van der Waals surface area contributed by atoms with Crippen LogP contribution in [0.5, 0.6) is 5.88 Å². The molecule has 8 nitrogen and oxygen atoms in total. The van der Waals surface area contributed by atoms with E-state index in [1.807, 2.05) is 12.1 Å². The second kappa shape index (κ2) is 14.1. The van der Waals surface area contributed by atoms with E-state index < -0.39 is 0 Å². The summed E-state index contributed by atoms with van der Waals surface area (Å²) in [6.45, 7) is 9.79. The van der Waals surface area contributed by atoms with Crippen molar-refractivity contribution < 1.29 is 4.74 Å². The van der Waals surface area contributed by atoms with Gasteiger partial charge in [-0.05, 0) is 19.4 Å². The van der Waals surface area contributed by atoms with Gasteiger partial charge in [0.2, 0.25) is 5.88 Å². The van der Waals surface area contributed by atoms with Crippen molar-refractivity contribution in [1.29, 1.82) is 0 Å². The number of unbranched alkanes of at least 4 members (excludes halogenated alkanes) is 1. The van der Waals surface area contributed by atoms with Crippen molar-refractivity contribution in [2.75, 3.05) is 19.7 Å². The third-order valence-corrected chi connectivity index (χ3v) is 4.00. The highest BCUT2D eigenvalue weighted by molar-refractivity contribution is 14.0. The minimum absolute atomic E-state index is 0. The van der Waals surface area contributed by atoms with Crippen LogP contribution in [0.2, 0.25) is 0 Å². The van der Waals surface area contributed by atoms with E-state index in [-0.39, 0.29) is 24.0 Å². The van der Waals surface area contributed by atoms with Crippen LogP contribution in [0.3, 0.4) is 0 Å². The number of guanidine groups is 1. The summed E-state index contributed by atoms with van der Waals surface area (Å²) in [6.07, 6.45) is 6.51. The number of aryl methyl sites for hydroxylation is 1. The lowest BCUT2D eigenvalue weighted by Gasteiger charge is -2.13. The Kier molecular flexibility index (Phi) is 12.2. The molecule has 0 aliphatic rings. The summed E-state index contributed by atoms with van der Waals surface area (Å²) >= 11 is 0. The fraction of sp³-hybridized carbons (Fsp3) is 0.579. The standard InChI is InChI=1S/C19H31N7O.HI/c1-4-7-13-27-18-16(9-8-10-21-18)14-23-19(20-6-3)22-11-12-26-15-24-25-17(26)5-2;/h8-10,15H,4-7,11-14H2,1-3H3,(H2,20,22,23);1H. The zero-order chi connectivity index (χ0) is 19.3. The van der Waals surface area contributed by atoms with Crippen LogP contribution in [0.25, 0.3) is 0 Å². The van der Waals surface area contributed by atoms with Gasteiger partial charge in [-0.3, -0.25) is 0 Å². The van der Waals surface area contributed by atoms with Crippen molar-refractivity contribution in [3.8, 4) is 5.88 Å². The molecule has 156 valence electrons. The first-order chi connectivity index (χ1) is 13.3. The van der Waals surface area contributed by atoms with E-state index >= 15 is 0 Å². The summed E-state index contributed by atoms with van der Waals surface area (Å²) in [5.41, 5.74) is 0.984. The molecule has 2 rings (SSSR count). The molecule has 0 bridgehead atoms. The summed E-state index contributed by atoms with van der Waals surface area (Å²) in [6, 6.07) is 3.92. The fourth-order valence-electron chi connectivity index (χ4n) is 2.53. The first-order valence-electron chi connectivity index (χ1n) is 9.74. The molecule has 0 saturated carbocycles. The highest BCUT2D eigenvalue weighted by Gasteiger charge is 2.06. The number of aliphatic imine (C=N–C) groups is 1. The van der Waals surface area contributed by atoms with Gasteiger partial charge in [0.15, 0.2) is 5.96 Å². The highest BCUT2D eigenvalue weighted by Crippen LogP contribution is 2.15. The lowest BCUT2D eigenvalue weighted by Crippen LogP contribution is -2.39. The maximum atomic E-state index is 5.79. The Morgan fingerprint density at radius 3 is 2.86 bits per heavy atom. The quantitative estimate of drug-likeness (QED) is 0.213. The van der Waals surface area contributed by atoms with Crippen molar-refractivity contribution >= 4 is 29.9 Å². The Labute approximate surface area is 184 Å². The van der Waals surface area contributed by atoms with E-state index in [4.69, 9.17) is 4.74 Å². The van der Waals surface area contributed by atoms with E-state index in [0.717, 1.165) is 56.2 Å². The van der Waals surface area contributed by atoms with E-state index in [2.05, 4.69) is 56.1 Å². The molecule has 0 unspecified atom stereocenters. The average molecular weight is 501 g/mol. The number of aromatic nitrogens is 4. The topological polar surface area (TPSA) is 89.3 Å². The van der Waals surface area contributed by atoms with E-state index in [1.54, 1.807) is 12.5 Å². The Balaban J connectivity index is 0.00000392. The third-order valence-electron chi connectivity index (χ3n) is 4.00. The molecule has 0 spiro atoms. The van der Waals surface area contributed by atoms with Gasteiger partial charge in [-0.15, -0.1) is 34.2 Å². The first kappa shape index (κ1) is 24.1. The summed E-state index contributed by atoms with van der Waals surface area (Å²) in [5.74, 6) is 2.43. The number of nitrogens with zero attached hydrogens (tertiary/aromatic N) is 5. The van der Waals surface area contributed by atoms with Crippen LogP contribution >= 0.6 is 24.0 Å². The monoisotopic (exact) mass is 501 g/mol. The Morgan fingerprint density at radius 1 is 1.25 bits per heavy atom. The molecule has 2 aromatic heterocycles. The number of nitrogens with one attached hydrogen (secondary N) is 2. The Bertz CT molecular complexity index is 705. The summed E-state index contributed by atoms with van der Waals surface area (Å²) < 4.78 is 7.84. The van der Waals surface area contributed by atoms with Gasteiger partial charge >= 0.3 is 0 Å². The molecular formula is C19H32IN7O. The van der Waals surface area contributed by atoms with Crippen molar-refractivity contribution in [2.45, 2.75) is 53.1 Å². The minimum atomic E-state index is 0. The molecule has 0 aliphatic heterocycles. The predicted molar refractivity (Wildman–Crippen MR) is 122 cm³/mol. The smallest absolute Gasteiger partial charge is 0.218 e. The van der Waals surface area contributed by atoms with Gasteiger partial charge in [-0.1, -0.05) is 26.3 Å². The molecule has 0 atom stereocenters. The molecule has 0 fully saturated rings. The average Bonchev–Trinajstić information content (AvgIpc) is 3.14. The molecule has 0 aliphatic carbocycles. The molecule has 9 heteroatoms. The highest BCUT2D eigenvalue weighted by atomic mass is 127. The normalized spacial score (nSPS) is 11.0. The van der Waals surface area contributed by atoms with Gasteiger partial charge in [0.1, 0.15) is 12.2 Å². The van der Waals surface area contributed by atoms with Crippen LogP contribution in [0, 0.1) is 0 Å². The van der Waals surface area contributed by atoms with Gasteiger partial charge in [0, 0.05) is 37.8 Å². The molecular weight excluding hydrogens is 469 g/mol. The van der Waals surface area contributed by atoms with Crippen LogP contribution in [0.1, 0.15) is 45.0 Å². The maximum Gasteiger partial charge on any atom is 0.218 e. The second-order valence-electron chi connectivity index (χ2n) is 6.09. The van der Waals surface area contributed by atoms with Gasteiger partial charge < -0.3 is 19.9 Å². The van der Waals surface area contributed by atoms with E-state index in [0.29, 0.717) is 19.0 Å². The molecule has 0 radical (unpaired) electrons. The molecule has 0 aromatic carbocycles. The fourth-order valence-corrected chi connectivity index (χ4v) is 2.53. The summed E-state index contributed by atoms with van der Waals surface area (Å²) in [4.78, 5) is 9.01. The lowest BCUT2D eigenvalue weighted by atomic mass is 10.3. The van der Waals surface area contributed by atoms with Crippen LogP contribution in [-0.4, -0.2) is 45.4 Å². The minimum Gasteiger partial charge on any atom is -0.477 e. The summed E-state index contributed by atoms with van der Waals surface area (Å²) in [5, 5.41) is 14.7. The molecule has 2 N–H and O–H groups in total. The van der Waals surface area contributed by atoms with Gasteiger partial charge in [-0.25, -0.2) is 9.98 Å². The van der Waals surface area contributed by atoms with Gasteiger partial charge in [-0.2, -0.15) is 0 Å². The van der Waals surface area contributed by atoms with E-state index in [1.165, 1.54) is 0 Å². The lowest BCUT2D eigenvalue weighted by molar-refractivity contribution is 0.294. The van der Waals surface area contributed by atoms with Crippen molar-refractivity contribution in [2.24, 2.45) is 4.99 Å². The van der Waals surface area contributed by atoms with Crippen LogP contribution in [0.4, 0.5) is 0 Å². The Morgan fingerprint density at radius 2 is 2.11 bits per heavy atom. The number of rotatable bonds is 11. The molecule has 2 aromatic rings. The SMILES string of the molecule is CCCCOc1ncccc1CN=C(NCC)NCCn1cnnc1CC.I. The number of hydrogen-bond acceptors (Lipinski definition) is 5. The number of halogens is 1. The summed E-state index contributed by atoms with van der Waals surface area (Å²) in [7, 11) is 0. The van der Waals surface area contributed by atoms with Crippen molar-refractivity contribution in [3.05, 3.63) is 36.0 Å². The van der Waals surface area contributed by atoms with Gasteiger partial charge in [0.25, 0.3) is 0 Å². The first-order valence-corrected chi connectivity index (χ1v) is 9.74. The molecule has 28 heavy (non-hydrogen) atoms. The largest absolute Gasteiger partial charge is 0.477 e. The number of hydrogen-bond donors (Lipinski definition) is 2. The zero-order valence-corrected chi connectivity index (χ0v) is 19.3. The van der Waals surface area contributed by atoms with Crippen LogP contribution < -0.4 is 15.4 Å². The zero-order valence-electron chi connectivity index (χ0n) is 17.0. The molecule has 2 heterocycles. The maximum absolute atomic E-state index is 5.79. The number of ether oxygens (including phenoxy) is 1. The Hall–Kier alpha value is -1.91. The molecule has 0 saturated heterocycles. The van der Waals surface area contributed by atoms with Crippen LogP contribution in [-0.2, 0) is 19.5 Å². The third kappa shape index (κ3) is 7.99. The van der Waals surface area contributed by atoms with E-state index in [9.17, 15) is 0 Å².